The standard InChI is InChI=1S/C23H24N2O5/c1-2-3-12-29-17-10-8-16(9-11-17)23(28)25-14-22(27)30-15-21(26)19-13-24-20-7-5-4-6-18(19)20/h4-11,13,24H,2-3,12,14-15H2,1H3,(H,25,28). The van der Waals surface area contributed by atoms with E-state index in [0.717, 1.165) is 23.7 Å². The van der Waals surface area contributed by atoms with Crippen molar-refractivity contribution in [2.24, 2.45) is 0 Å². The lowest BCUT2D eigenvalue weighted by atomic mass is 10.1. The Bertz CT molecular complexity index is 1020. The number of esters is 1. The molecule has 0 radical (unpaired) electrons. The molecule has 0 aliphatic carbocycles. The summed E-state index contributed by atoms with van der Waals surface area (Å²) >= 11 is 0. The van der Waals surface area contributed by atoms with Crippen LogP contribution in [0.1, 0.15) is 40.5 Å². The predicted molar refractivity (Wildman–Crippen MR) is 113 cm³/mol. The molecule has 0 saturated heterocycles. The van der Waals surface area contributed by atoms with Crippen LogP contribution in [0, 0.1) is 0 Å². The van der Waals surface area contributed by atoms with Crippen LogP contribution in [0.4, 0.5) is 0 Å². The highest BCUT2D eigenvalue weighted by Crippen LogP contribution is 2.18. The molecule has 30 heavy (non-hydrogen) atoms. The second-order valence-corrected chi connectivity index (χ2v) is 6.74. The third-order valence-corrected chi connectivity index (χ3v) is 4.53. The number of carbonyl (C=O) groups is 3. The number of para-hydroxylation sites is 1. The Morgan fingerprint density at radius 3 is 2.57 bits per heavy atom. The fourth-order valence-electron chi connectivity index (χ4n) is 2.87. The number of nitrogens with one attached hydrogen (secondary N) is 2. The van der Waals surface area contributed by atoms with E-state index in [9.17, 15) is 14.4 Å². The van der Waals surface area contributed by atoms with Crippen molar-refractivity contribution < 1.29 is 23.9 Å². The molecular formula is C23H24N2O5. The van der Waals surface area contributed by atoms with E-state index in [1.54, 1.807) is 30.5 Å². The number of hydrogen-bond acceptors (Lipinski definition) is 5. The number of ketones is 1. The number of amides is 1. The molecule has 7 heteroatoms. The molecule has 3 rings (SSSR count). The first-order valence-electron chi connectivity index (χ1n) is 9.84. The normalized spacial score (nSPS) is 10.6. The van der Waals surface area contributed by atoms with Crippen LogP contribution in [-0.4, -0.2) is 42.4 Å². The number of Topliss-reactive ketones (excluding diaryl/α,β-unsaturated/α-hetero) is 1. The number of fused-ring (bicyclic) bond motifs is 1. The molecule has 1 heterocycles. The number of hydrogen-bond donors (Lipinski definition) is 2. The van der Waals surface area contributed by atoms with Gasteiger partial charge < -0.3 is 19.8 Å². The van der Waals surface area contributed by atoms with Crippen molar-refractivity contribution in [2.75, 3.05) is 19.8 Å². The maximum atomic E-state index is 12.3. The van der Waals surface area contributed by atoms with E-state index in [0.29, 0.717) is 23.5 Å². The van der Waals surface area contributed by atoms with Crippen LogP contribution in [0.2, 0.25) is 0 Å². The monoisotopic (exact) mass is 408 g/mol. The molecule has 0 bridgehead atoms. The van der Waals surface area contributed by atoms with E-state index in [1.165, 1.54) is 0 Å². The van der Waals surface area contributed by atoms with Crippen LogP contribution in [0.5, 0.6) is 5.75 Å². The molecule has 7 nitrogen and oxygen atoms in total. The highest BCUT2D eigenvalue weighted by Gasteiger charge is 2.15. The van der Waals surface area contributed by atoms with Gasteiger partial charge in [-0.3, -0.25) is 14.4 Å². The Morgan fingerprint density at radius 2 is 1.80 bits per heavy atom. The van der Waals surface area contributed by atoms with E-state index < -0.39 is 11.9 Å². The number of benzene rings is 2. The molecule has 0 saturated carbocycles. The largest absolute Gasteiger partial charge is 0.494 e. The Morgan fingerprint density at radius 1 is 1.03 bits per heavy atom. The molecule has 2 N–H and O–H groups in total. The van der Waals surface area contributed by atoms with Crippen molar-refractivity contribution >= 4 is 28.6 Å². The van der Waals surface area contributed by atoms with Crippen molar-refractivity contribution in [1.29, 1.82) is 0 Å². The molecule has 3 aromatic rings. The third-order valence-electron chi connectivity index (χ3n) is 4.53. The first-order chi connectivity index (χ1) is 14.6. The number of aromatic nitrogens is 1. The Hall–Kier alpha value is -3.61. The second kappa shape index (κ2) is 10.2. The summed E-state index contributed by atoms with van der Waals surface area (Å²) in [5.41, 5.74) is 1.70. The summed E-state index contributed by atoms with van der Waals surface area (Å²) in [6.45, 7) is 2.00. The summed E-state index contributed by atoms with van der Waals surface area (Å²) in [6.07, 6.45) is 3.61. The van der Waals surface area contributed by atoms with E-state index in [4.69, 9.17) is 9.47 Å². The fraction of sp³-hybridized carbons (Fsp3) is 0.261. The Kier molecular flexibility index (Phi) is 7.21. The van der Waals surface area contributed by atoms with Gasteiger partial charge in [-0.2, -0.15) is 0 Å². The van der Waals surface area contributed by atoms with Gasteiger partial charge in [0.2, 0.25) is 5.78 Å². The lowest BCUT2D eigenvalue weighted by molar-refractivity contribution is -0.141. The maximum absolute atomic E-state index is 12.3. The van der Waals surface area contributed by atoms with Gasteiger partial charge in [0, 0.05) is 28.2 Å². The molecule has 0 unspecified atom stereocenters. The van der Waals surface area contributed by atoms with E-state index in [2.05, 4.69) is 17.2 Å². The van der Waals surface area contributed by atoms with Crippen molar-refractivity contribution in [3.8, 4) is 5.75 Å². The lowest BCUT2D eigenvalue weighted by Crippen LogP contribution is -2.31. The van der Waals surface area contributed by atoms with Gasteiger partial charge in [0.05, 0.1) is 6.61 Å². The quantitative estimate of drug-likeness (QED) is 0.304. The van der Waals surface area contributed by atoms with Gasteiger partial charge in [-0.25, -0.2) is 0 Å². The molecule has 0 atom stereocenters. The molecule has 0 aliphatic rings. The molecular weight excluding hydrogens is 384 g/mol. The average Bonchev–Trinajstić information content (AvgIpc) is 3.21. The van der Waals surface area contributed by atoms with Gasteiger partial charge in [0.1, 0.15) is 12.3 Å². The van der Waals surface area contributed by atoms with Gasteiger partial charge in [-0.05, 0) is 36.8 Å². The van der Waals surface area contributed by atoms with Crippen LogP contribution in [0.25, 0.3) is 10.9 Å². The van der Waals surface area contributed by atoms with Crippen LogP contribution in [0.15, 0.2) is 54.7 Å². The maximum Gasteiger partial charge on any atom is 0.325 e. The van der Waals surface area contributed by atoms with Crippen molar-refractivity contribution in [2.45, 2.75) is 19.8 Å². The van der Waals surface area contributed by atoms with Crippen LogP contribution >= 0.6 is 0 Å². The number of ether oxygens (including phenoxy) is 2. The van der Waals surface area contributed by atoms with E-state index >= 15 is 0 Å². The molecule has 0 fully saturated rings. The molecule has 1 aromatic heterocycles. The summed E-state index contributed by atoms with van der Waals surface area (Å²) in [5, 5.41) is 3.26. The summed E-state index contributed by atoms with van der Waals surface area (Å²) in [5.74, 6) is -0.716. The minimum atomic E-state index is -0.684. The summed E-state index contributed by atoms with van der Waals surface area (Å²) in [7, 11) is 0. The van der Waals surface area contributed by atoms with Gasteiger partial charge in [0.15, 0.2) is 6.61 Å². The molecule has 1 amide bonds. The zero-order valence-corrected chi connectivity index (χ0v) is 16.8. The van der Waals surface area contributed by atoms with Crippen molar-refractivity contribution in [1.82, 2.24) is 10.3 Å². The average molecular weight is 408 g/mol. The molecule has 0 aliphatic heterocycles. The minimum Gasteiger partial charge on any atom is -0.494 e. The Balaban J connectivity index is 1.44. The topological polar surface area (TPSA) is 97.5 Å². The first kappa shape index (κ1) is 21.1. The molecule has 156 valence electrons. The first-order valence-corrected chi connectivity index (χ1v) is 9.84. The zero-order chi connectivity index (χ0) is 21.3. The van der Waals surface area contributed by atoms with Crippen molar-refractivity contribution in [3.63, 3.8) is 0 Å². The van der Waals surface area contributed by atoms with Gasteiger partial charge in [-0.15, -0.1) is 0 Å². The number of carbonyl (C=O) groups excluding carboxylic acids is 3. The summed E-state index contributed by atoms with van der Waals surface area (Å²) in [4.78, 5) is 39.4. The number of rotatable bonds is 10. The SMILES string of the molecule is CCCCOc1ccc(C(=O)NCC(=O)OCC(=O)c2c[nH]c3ccccc23)cc1. The van der Waals surface area contributed by atoms with Crippen LogP contribution in [-0.2, 0) is 9.53 Å². The highest BCUT2D eigenvalue weighted by atomic mass is 16.5. The number of unbranched alkanes of at least 4 members (excludes halogenated alkanes) is 1. The van der Waals surface area contributed by atoms with E-state index in [1.807, 2.05) is 24.3 Å². The van der Waals surface area contributed by atoms with Crippen LogP contribution in [0.3, 0.4) is 0 Å². The predicted octanol–water partition coefficient (Wildman–Crippen LogP) is 3.50. The number of H-pyrrole nitrogens is 1. The van der Waals surface area contributed by atoms with Crippen molar-refractivity contribution in [3.05, 3.63) is 65.9 Å². The smallest absolute Gasteiger partial charge is 0.325 e. The minimum absolute atomic E-state index is 0.314. The van der Waals surface area contributed by atoms with Gasteiger partial charge >= 0.3 is 5.97 Å². The fourth-order valence-corrected chi connectivity index (χ4v) is 2.87. The van der Waals surface area contributed by atoms with Gasteiger partial charge in [-0.1, -0.05) is 31.5 Å². The van der Waals surface area contributed by atoms with Crippen LogP contribution < -0.4 is 10.1 Å². The zero-order valence-electron chi connectivity index (χ0n) is 16.8. The van der Waals surface area contributed by atoms with E-state index in [-0.39, 0.29) is 18.9 Å². The molecule has 0 spiro atoms. The Labute approximate surface area is 174 Å². The summed E-state index contributed by atoms with van der Waals surface area (Å²) in [6, 6.07) is 14.1. The van der Waals surface area contributed by atoms with Gasteiger partial charge in [0.25, 0.3) is 5.91 Å². The third kappa shape index (κ3) is 5.47. The number of aromatic amines is 1. The molecule has 2 aromatic carbocycles. The lowest BCUT2D eigenvalue weighted by Gasteiger charge is -2.08. The highest BCUT2D eigenvalue weighted by molar-refractivity contribution is 6.08. The summed E-state index contributed by atoms with van der Waals surface area (Å²) < 4.78 is 10.6. The second-order valence-electron chi connectivity index (χ2n) is 6.74.